The second-order valence-electron chi connectivity index (χ2n) is 2.62. The molecule has 6 heteroatoms. The van der Waals surface area contributed by atoms with E-state index >= 15 is 0 Å². The number of hydrogen-bond donors (Lipinski definition) is 0. The molecule has 0 unspecified atom stereocenters. The highest BCUT2D eigenvalue weighted by Gasteiger charge is 2.19. The number of nitrogens with zero attached hydrogens (tertiary/aromatic N) is 2. The lowest BCUT2D eigenvalue weighted by Gasteiger charge is -2.09. The molecule has 3 nitrogen and oxygen atoms in total. The van der Waals surface area contributed by atoms with Crippen LogP contribution in [0.4, 0.5) is 8.78 Å². The molecule has 0 saturated heterocycles. The summed E-state index contributed by atoms with van der Waals surface area (Å²) in [6, 6.07) is 3.03. The van der Waals surface area contributed by atoms with Gasteiger partial charge in [-0.2, -0.15) is 5.26 Å². The van der Waals surface area contributed by atoms with E-state index in [2.05, 4.69) is 4.98 Å². The zero-order valence-electron chi connectivity index (χ0n) is 7.80. The Kier molecular flexibility index (Phi) is 3.81. The minimum Gasteiger partial charge on any atom is -0.495 e. The van der Waals surface area contributed by atoms with E-state index in [1.807, 2.05) is 6.07 Å². The van der Waals surface area contributed by atoms with Gasteiger partial charge in [0.1, 0.15) is 17.5 Å². The SMILES string of the molecule is COc1cc(C#N)c(CCl)nc1C(F)F. The Morgan fingerprint density at radius 3 is 2.73 bits per heavy atom. The van der Waals surface area contributed by atoms with Crippen LogP contribution in [0.1, 0.15) is 23.4 Å². The van der Waals surface area contributed by atoms with Gasteiger partial charge in [-0.3, -0.25) is 0 Å². The van der Waals surface area contributed by atoms with Crippen molar-refractivity contribution in [1.29, 1.82) is 5.26 Å². The van der Waals surface area contributed by atoms with Crippen molar-refractivity contribution in [3.05, 3.63) is 23.0 Å². The summed E-state index contributed by atoms with van der Waals surface area (Å²) >= 11 is 5.48. The molecule has 80 valence electrons. The summed E-state index contributed by atoms with van der Waals surface area (Å²) in [6.45, 7) is 0. The first-order chi connectivity index (χ1) is 7.13. The molecule has 0 aliphatic carbocycles. The van der Waals surface area contributed by atoms with Crippen LogP contribution in [0.15, 0.2) is 6.07 Å². The number of methoxy groups -OCH3 is 1. The largest absolute Gasteiger partial charge is 0.495 e. The number of pyridine rings is 1. The maximum absolute atomic E-state index is 12.5. The van der Waals surface area contributed by atoms with Gasteiger partial charge in [-0.1, -0.05) is 0 Å². The minimum atomic E-state index is -2.75. The smallest absolute Gasteiger partial charge is 0.284 e. The van der Waals surface area contributed by atoms with Gasteiger partial charge >= 0.3 is 0 Å². The Morgan fingerprint density at radius 2 is 2.33 bits per heavy atom. The molecule has 1 aromatic rings. The van der Waals surface area contributed by atoms with Gasteiger partial charge in [-0.15, -0.1) is 11.6 Å². The number of hydrogen-bond acceptors (Lipinski definition) is 3. The second-order valence-corrected chi connectivity index (χ2v) is 2.88. The van der Waals surface area contributed by atoms with Crippen molar-refractivity contribution in [2.75, 3.05) is 7.11 Å². The molecule has 0 N–H and O–H groups in total. The third kappa shape index (κ3) is 2.34. The van der Waals surface area contributed by atoms with Crippen molar-refractivity contribution in [2.45, 2.75) is 12.3 Å². The summed E-state index contributed by atoms with van der Waals surface area (Å²) in [4.78, 5) is 3.60. The van der Waals surface area contributed by atoms with Gasteiger partial charge in [-0.25, -0.2) is 13.8 Å². The van der Waals surface area contributed by atoms with Gasteiger partial charge < -0.3 is 4.74 Å². The molecule has 0 amide bonds. The molecule has 0 saturated carbocycles. The number of ether oxygens (including phenoxy) is 1. The molecule has 1 aromatic heterocycles. The number of halogens is 3. The summed E-state index contributed by atoms with van der Waals surface area (Å²) in [5, 5.41) is 8.71. The van der Waals surface area contributed by atoms with Crippen LogP contribution >= 0.6 is 11.6 Å². The van der Waals surface area contributed by atoms with Gasteiger partial charge in [0.25, 0.3) is 6.43 Å². The fourth-order valence-corrected chi connectivity index (χ4v) is 1.27. The number of rotatable bonds is 3. The lowest BCUT2D eigenvalue weighted by Crippen LogP contribution is -2.02. The highest BCUT2D eigenvalue weighted by Crippen LogP contribution is 2.29. The predicted octanol–water partition coefficient (Wildman–Crippen LogP) is 2.64. The highest BCUT2D eigenvalue weighted by atomic mass is 35.5. The molecule has 0 radical (unpaired) electrons. The molecule has 0 aliphatic rings. The predicted molar refractivity (Wildman–Crippen MR) is 50.0 cm³/mol. The van der Waals surface area contributed by atoms with Crippen LogP contribution in [0.2, 0.25) is 0 Å². The molecule has 0 aromatic carbocycles. The van der Waals surface area contributed by atoms with E-state index in [0.717, 1.165) is 0 Å². The normalized spacial score (nSPS) is 10.1. The molecule has 15 heavy (non-hydrogen) atoms. The Bertz CT molecular complexity index is 404. The molecule has 1 heterocycles. The van der Waals surface area contributed by atoms with Crippen LogP contribution < -0.4 is 4.74 Å². The zero-order chi connectivity index (χ0) is 11.4. The van der Waals surface area contributed by atoms with Crippen LogP contribution in [0.25, 0.3) is 0 Å². The van der Waals surface area contributed by atoms with E-state index < -0.39 is 12.1 Å². The van der Waals surface area contributed by atoms with Crippen LogP contribution in [0.3, 0.4) is 0 Å². The first kappa shape index (κ1) is 11.7. The summed E-state index contributed by atoms with van der Waals surface area (Å²) in [7, 11) is 1.24. The third-order valence-corrected chi connectivity index (χ3v) is 2.02. The van der Waals surface area contributed by atoms with Gasteiger partial charge in [0.2, 0.25) is 0 Å². The van der Waals surface area contributed by atoms with Crippen molar-refractivity contribution >= 4 is 11.6 Å². The fourth-order valence-electron chi connectivity index (χ4n) is 1.07. The van der Waals surface area contributed by atoms with E-state index in [-0.39, 0.29) is 22.9 Å². The Labute approximate surface area is 90.3 Å². The Balaban J connectivity index is 3.36. The number of alkyl halides is 3. The average Bonchev–Trinajstić information content (AvgIpc) is 2.26. The maximum Gasteiger partial charge on any atom is 0.284 e. The van der Waals surface area contributed by atoms with Crippen molar-refractivity contribution in [2.24, 2.45) is 0 Å². The maximum atomic E-state index is 12.5. The highest BCUT2D eigenvalue weighted by molar-refractivity contribution is 6.17. The van der Waals surface area contributed by atoms with Gasteiger partial charge in [-0.05, 0) is 0 Å². The third-order valence-electron chi connectivity index (χ3n) is 1.77. The zero-order valence-corrected chi connectivity index (χ0v) is 8.55. The van der Waals surface area contributed by atoms with Crippen molar-refractivity contribution < 1.29 is 13.5 Å². The lowest BCUT2D eigenvalue weighted by molar-refractivity contribution is 0.141. The molecule has 0 bridgehead atoms. The van der Waals surface area contributed by atoms with E-state index in [0.29, 0.717) is 0 Å². The first-order valence-electron chi connectivity index (χ1n) is 3.96. The van der Waals surface area contributed by atoms with Crippen molar-refractivity contribution in [1.82, 2.24) is 4.98 Å². The quantitative estimate of drug-likeness (QED) is 0.753. The first-order valence-corrected chi connectivity index (χ1v) is 4.49. The van der Waals surface area contributed by atoms with Crippen molar-refractivity contribution in [3.8, 4) is 11.8 Å². The van der Waals surface area contributed by atoms with Crippen molar-refractivity contribution in [3.63, 3.8) is 0 Å². The van der Waals surface area contributed by atoms with Crippen LogP contribution in [-0.4, -0.2) is 12.1 Å². The van der Waals surface area contributed by atoms with E-state index in [1.54, 1.807) is 0 Å². The summed E-state index contributed by atoms with van der Waals surface area (Å²) in [6.07, 6.45) is -2.75. The standard InChI is InChI=1S/C9H7ClF2N2O/c1-15-7-2-5(4-13)6(3-10)14-8(7)9(11)12/h2,9H,3H2,1H3. The molecular weight excluding hydrogens is 226 g/mol. The molecule has 0 spiro atoms. The van der Waals surface area contributed by atoms with E-state index in [4.69, 9.17) is 21.6 Å². The Hall–Kier alpha value is -1.41. The van der Waals surface area contributed by atoms with E-state index in [9.17, 15) is 8.78 Å². The number of nitriles is 1. The summed E-state index contributed by atoms with van der Waals surface area (Å²) < 4.78 is 29.7. The van der Waals surface area contributed by atoms with Gasteiger partial charge in [0, 0.05) is 6.07 Å². The molecule has 0 aliphatic heterocycles. The van der Waals surface area contributed by atoms with Crippen LogP contribution in [0, 0.1) is 11.3 Å². The number of aromatic nitrogens is 1. The second kappa shape index (κ2) is 4.89. The lowest BCUT2D eigenvalue weighted by atomic mass is 10.2. The van der Waals surface area contributed by atoms with Gasteiger partial charge in [0.05, 0.1) is 24.2 Å². The molecule has 1 rings (SSSR count). The minimum absolute atomic E-state index is 0.0907. The molecule has 0 atom stereocenters. The average molecular weight is 233 g/mol. The van der Waals surface area contributed by atoms with Gasteiger partial charge in [0.15, 0.2) is 0 Å². The topological polar surface area (TPSA) is 45.9 Å². The van der Waals surface area contributed by atoms with Crippen LogP contribution in [-0.2, 0) is 5.88 Å². The molecule has 0 fully saturated rings. The summed E-state index contributed by atoms with van der Waals surface area (Å²) in [5.74, 6) is -0.192. The van der Waals surface area contributed by atoms with Crippen LogP contribution in [0.5, 0.6) is 5.75 Å². The van der Waals surface area contributed by atoms with E-state index in [1.165, 1.54) is 13.2 Å². The monoisotopic (exact) mass is 232 g/mol. The Morgan fingerprint density at radius 1 is 1.67 bits per heavy atom. The fraction of sp³-hybridized carbons (Fsp3) is 0.333. The summed E-state index contributed by atoms with van der Waals surface area (Å²) in [5.41, 5.74) is -0.214. The molecular formula is C9H7ClF2N2O.